The molecule has 0 unspecified atom stereocenters. The summed E-state index contributed by atoms with van der Waals surface area (Å²) in [5.74, 6) is 0. The number of carbonyl (C=O) groups is 2. The third-order valence-electron chi connectivity index (χ3n) is 2.91. The summed E-state index contributed by atoms with van der Waals surface area (Å²) in [6, 6.07) is 12.8. The summed E-state index contributed by atoms with van der Waals surface area (Å²) in [6.45, 7) is 3.69. The molecule has 0 fully saturated rings. The third-order valence-corrected chi connectivity index (χ3v) is 2.91. The molecule has 0 radical (unpaired) electrons. The minimum Gasteiger partial charge on any atom is -0.448 e. The fourth-order valence-corrected chi connectivity index (χ4v) is 2.00. The van der Waals surface area contributed by atoms with Crippen LogP contribution in [0.25, 0.3) is 10.8 Å². The Balaban J connectivity index is 2.31. The van der Waals surface area contributed by atoms with Crippen molar-refractivity contribution < 1.29 is 24.0 Å². The van der Waals surface area contributed by atoms with Crippen molar-refractivity contribution in [2.75, 3.05) is 18.3 Å². The molecule has 2 aromatic rings. The molecule has 0 saturated heterocycles. The lowest BCUT2D eigenvalue weighted by molar-refractivity contribution is 0.0115. The fourth-order valence-electron chi connectivity index (χ4n) is 2.00. The summed E-state index contributed by atoms with van der Waals surface area (Å²) in [5, 5.41) is 2.57. The van der Waals surface area contributed by atoms with Crippen molar-refractivity contribution in [2.45, 2.75) is 13.8 Å². The molecule has 0 spiro atoms. The third kappa shape index (κ3) is 4.10. The molecule has 1 N–H and O–H groups in total. The highest BCUT2D eigenvalue weighted by Crippen LogP contribution is 2.27. The minimum atomic E-state index is -0.804. The second-order valence-corrected chi connectivity index (χ2v) is 4.41. The highest BCUT2D eigenvalue weighted by atomic mass is 16.9. The number of hydroxylamine groups is 2. The molecule has 7 nitrogen and oxygen atoms in total. The first-order valence-corrected chi connectivity index (χ1v) is 7.21. The SMILES string of the molecule is CCOC(=O)NON(C(=O)OCC)c1cccc2ccccc12. The zero-order chi connectivity index (χ0) is 16.7. The summed E-state index contributed by atoms with van der Waals surface area (Å²) in [7, 11) is 0. The van der Waals surface area contributed by atoms with Crippen LogP contribution in [-0.4, -0.2) is 25.4 Å². The van der Waals surface area contributed by atoms with E-state index in [4.69, 9.17) is 14.4 Å². The average molecular weight is 318 g/mol. The highest BCUT2D eigenvalue weighted by Gasteiger charge is 2.22. The molecule has 0 aliphatic carbocycles. The summed E-state index contributed by atoms with van der Waals surface area (Å²) in [6.07, 6.45) is -1.55. The molecule has 122 valence electrons. The Bertz CT molecular complexity index is 684. The number of nitrogens with zero attached hydrogens (tertiary/aromatic N) is 1. The van der Waals surface area contributed by atoms with Gasteiger partial charge in [0.2, 0.25) is 0 Å². The number of fused-ring (bicyclic) bond motifs is 1. The lowest BCUT2D eigenvalue weighted by Crippen LogP contribution is -2.39. The minimum absolute atomic E-state index is 0.170. The molecule has 0 bridgehead atoms. The number of rotatable bonds is 5. The smallest absolute Gasteiger partial charge is 0.440 e. The molecule has 23 heavy (non-hydrogen) atoms. The van der Waals surface area contributed by atoms with E-state index in [1.165, 1.54) is 0 Å². The normalized spacial score (nSPS) is 10.2. The molecule has 0 aliphatic rings. The van der Waals surface area contributed by atoms with Crippen LogP contribution in [0.4, 0.5) is 15.3 Å². The van der Waals surface area contributed by atoms with Crippen molar-refractivity contribution in [1.29, 1.82) is 0 Å². The van der Waals surface area contributed by atoms with Crippen molar-refractivity contribution in [3.8, 4) is 0 Å². The van der Waals surface area contributed by atoms with E-state index in [2.05, 4.69) is 5.48 Å². The van der Waals surface area contributed by atoms with E-state index in [1.807, 2.05) is 30.3 Å². The first-order chi connectivity index (χ1) is 11.2. The fraction of sp³-hybridized carbons (Fsp3) is 0.250. The van der Waals surface area contributed by atoms with Crippen molar-refractivity contribution in [3.05, 3.63) is 42.5 Å². The Morgan fingerprint density at radius 1 is 1.00 bits per heavy atom. The summed E-state index contributed by atoms with van der Waals surface area (Å²) < 4.78 is 9.67. The van der Waals surface area contributed by atoms with E-state index in [9.17, 15) is 9.59 Å². The Morgan fingerprint density at radius 2 is 1.70 bits per heavy atom. The van der Waals surface area contributed by atoms with Crippen LogP contribution in [0.15, 0.2) is 42.5 Å². The van der Waals surface area contributed by atoms with Crippen LogP contribution in [0.5, 0.6) is 0 Å². The molecule has 2 aromatic carbocycles. The summed E-state index contributed by atoms with van der Waals surface area (Å²) in [5.41, 5.74) is 2.49. The maximum Gasteiger partial charge on any atom is 0.440 e. The molecule has 0 heterocycles. The van der Waals surface area contributed by atoms with Gasteiger partial charge in [-0.2, -0.15) is 5.48 Å². The lowest BCUT2D eigenvalue weighted by atomic mass is 10.1. The molecule has 0 aromatic heterocycles. The topological polar surface area (TPSA) is 77.1 Å². The van der Waals surface area contributed by atoms with Gasteiger partial charge in [-0.25, -0.2) is 9.59 Å². The zero-order valence-electron chi connectivity index (χ0n) is 12.9. The second-order valence-electron chi connectivity index (χ2n) is 4.41. The number of nitrogens with one attached hydrogen (secondary N) is 1. The van der Waals surface area contributed by atoms with Gasteiger partial charge >= 0.3 is 12.2 Å². The summed E-state index contributed by atoms with van der Waals surface area (Å²) in [4.78, 5) is 28.6. The predicted molar refractivity (Wildman–Crippen MR) is 84.7 cm³/mol. The van der Waals surface area contributed by atoms with E-state index in [1.54, 1.807) is 26.0 Å². The van der Waals surface area contributed by atoms with Gasteiger partial charge in [0.25, 0.3) is 0 Å². The lowest BCUT2D eigenvalue weighted by Gasteiger charge is -2.21. The van der Waals surface area contributed by atoms with Crippen LogP contribution in [0.3, 0.4) is 0 Å². The molecule has 2 amide bonds. The number of carbonyl (C=O) groups excluding carboxylic acids is 2. The standard InChI is InChI=1S/C16H18N2O5/c1-3-21-15(19)17-23-18(16(20)22-4-2)14-11-7-9-12-8-5-6-10-13(12)14/h5-11H,3-4H2,1-2H3,(H,17,19). The first-order valence-electron chi connectivity index (χ1n) is 7.21. The van der Waals surface area contributed by atoms with Gasteiger partial charge in [0, 0.05) is 5.39 Å². The van der Waals surface area contributed by atoms with Crippen LogP contribution < -0.4 is 10.5 Å². The number of hydrogen-bond donors (Lipinski definition) is 1. The molecular formula is C16H18N2O5. The highest BCUT2D eigenvalue weighted by molar-refractivity contribution is 6.00. The van der Waals surface area contributed by atoms with Crippen molar-refractivity contribution in [2.24, 2.45) is 0 Å². The zero-order valence-corrected chi connectivity index (χ0v) is 12.9. The van der Waals surface area contributed by atoms with E-state index >= 15 is 0 Å². The molecule has 2 rings (SSSR count). The number of amides is 2. The van der Waals surface area contributed by atoms with Crippen molar-refractivity contribution in [3.63, 3.8) is 0 Å². The van der Waals surface area contributed by atoms with Gasteiger partial charge in [-0.3, -0.25) is 0 Å². The molecule has 0 atom stereocenters. The number of ether oxygens (including phenoxy) is 2. The predicted octanol–water partition coefficient (Wildman–Crippen LogP) is 3.40. The molecule has 0 aliphatic heterocycles. The largest absolute Gasteiger partial charge is 0.448 e. The van der Waals surface area contributed by atoms with Crippen LogP contribution in [0.2, 0.25) is 0 Å². The van der Waals surface area contributed by atoms with Crippen LogP contribution in [0, 0.1) is 0 Å². The molecular weight excluding hydrogens is 300 g/mol. The maximum absolute atomic E-state index is 12.1. The quantitative estimate of drug-likeness (QED) is 0.855. The van der Waals surface area contributed by atoms with Crippen molar-refractivity contribution >= 4 is 28.6 Å². The van der Waals surface area contributed by atoms with Crippen LogP contribution in [-0.2, 0) is 14.4 Å². The van der Waals surface area contributed by atoms with Gasteiger partial charge in [0.1, 0.15) is 0 Å². The monoisotopic (exact) mass is 318 g/mol. The van der Waals surface area contributed by atoms with E-state index < -0.39 is 12.2 Å². The van der Waals surface area contributed by atoms with E-state index in [0.29, 0.717) is 5.69 Å². The van der Waals surface area contributed by atoms with Gasteiger partial charge in [-0.05, 0) is 25.3 Å². The molecule has 7 heteroatoms. The number of benzene rings is 2. The maximum atomic E-state index is 12.1. The van der Waals surface area contributed by atoms with Gasteiger partial charge in [-0.15, -0.1) is 10.0 Å². The Hall–Kier alpha value is -2.80. The van der Waals surface area contributed by atoms with E-state index in [-0.39, 0.29) is 13.2 Å². The Kier molecular flexibility index (Phi) is 5.76. The second kappa shape index (κ2) is 8.00. The average Bonchev–Trinajstić information content (AvgIpc) is 2.56. The Morgan fingerprint density at radius 3 is 2.43 bits per heavy atom. The summed E-state index contributed by atoms with van der Waals surface area (Å²) >= 11 is 0. The van der Waals surface area contributed by atoms with Crippen LogP contribution >= 0.6 is 0 Å². The molecule has 0 saturated carbocycles. The van der Waals surface area contributed by atoms with Crippen molar-refractivity contribution in [1.82, 2.24) is 5.48 Å². The van der Waals surface area contributed by atoms with Gasteiger partial charge < -0.3 is 9.47 Å². The number of hydrogen-bond acceptors (Lipinski definition) is 5. The number of anilines is 1. The van der Waals surface area contributed by atoms with Gasteiger partial charge in [-0.1, -0.05) is 36.4 Å². The first kappa shape index (κ1) is 16.6. The van der Waals surface area contributed by atoms with Gasteiger partial charge in [0.15, 0.2) is 0 Å². The Labute approximate surface area is 133 Å². The van der Waals surface area contributed by atoms with Crippen LogP contribution in [0.1, 0.15) is 13.8 Å². The van der Waals surface area contributed by atoms with Gasteiger partial charge in [0.05, 0.1) is 18.9 Å². The van der Waals surface area contributed by atoms with E-state index in [0.717, 1.165) is 15.8 Å².